The third-order valence-corrected chi connectivity index (χ3v) is 3.06. The second-order valence-corrected chi connectivity index (χ2v) is 5.46. The Morgan fingerprint density at radius 1 is 1.43 bits per heavy atom. The van der Waals surface area contributed by atoms with E-state index in [0.717, 1.165) is 6.54 Å². The maximum Gasteiger partial charge on any atom is 0.0166 e. The molecule has 0 aromatic heterocycles. The van der Waals surface area contributed by atoms with Crippen LogP contribution in [0.25, 0.3) is 0 Å². The predicted octanol–water partition coefficient (Wildman–Crippen LogP) is 2.11. The number of likely N-dealkylation sites (N-methyl/N-ethyl adjacent to an activating group) is 1. The van der Waals surface area contributed by atoms with Crippen LogP contribution >= 0.6 is 0 Å². The van der Waals surface area contributed by atoms with Gasteiger partial charge in [0.2, 0.25) is 0 Å². The van der Waals surface area contributed by atoms with Crippen LogP contribution in [0.15, 0.2) is 0 Å². The summed E-state index contributed by atoms with van der Waals surface area (Å²) in [6, 6.07) is 0.633. The highest BCUT2D eigenvalue weighted by molar-refractivity contribution is 4.81. The molecule has 0 aromatic rings. The van der Waals surface area contributed by atoms with Gasteiger partial charge in [-0.15, -0.1) is 0 Å². The SMILES string of the molecule is CCNC(C)CN1CCCC(C)(C)C1. The molecular weight excluding hydrogens is 172 g/mol. The van der Waals surface area contributed by atoms with E-state index in [0.29, 0.717) is 11.5 Å². The van der Waals surface area contributed by atoms with Gasteiger partial charge in [0, 0.05) is 19.1 Å². The second-order valence-electron chi connectivity index (χ2n) is 5.46. The van der Waals surface area contributed by atoms with Gasteiger partial charge >= 0.3 is 0 Å². The first-order chi connectivity index (χ1) is 6.53. The van der Waals surface area contributed by atoms with Crippen molar-refractivity contribution >= 4 is 0 Å². The van der Waals surface area contributed by atoms with Gasteiger partial charge in [0.25, 0.3) is 0 Å². The lowest BCUT2D eigenvalue weighted by molar-refractivity contribution is 0.110. The van der Waals surface area contributed by atoms with Crippen LogP contribution < -0.4 is 5.32 Å². The normalized spacial score (nSPS) is 24.9. The van der Waals surface area contributed by atoms with E-state index < -0.39 is 0 Å². The van der Waals surface area contributed by atoms with Gasteiger partial charge < -0.3 is 10.2 Å². The van der Waals surface area contributed by atoms with Crippen molar-refractivity contribution in [3.8, 4) is 0 Å². The minimum Gasteiger partial charge on any atom is -0.313 e. The van der Waals surface area contributed by atoms with Crippen LogP contribution in [0.1, 0.15) is 40.5 Å². The Labute approximate surface area is 89.1 Å². The standard InChI is InChI=1S/C12H26N2/c1-5-13-11(2)9-14-8-6-7-12(3,4)10-14/h11,13H,5-10H2,1-4H3. The molecule has 1 fully saturated rings. The molecule has 1 unspecified atom stereocenters. The molecule has 0 bridgehead atoms. The Balaban J connectivity index is 2.30. The Morgan fingerprint density at radius 3 is 2.71 bits per heavy atom. The minimum absolute atomic E-state index is 0.532. The van der Waals surface area contributed by atoms with Crippen LogP contribution in [-0.4, -0.2) is 37.1 Å². The lowest BCUT2D eigenvalue weighted by Crippen LogP contribution is -2.46. The maximum atomic E-state index is 3.48. The van der Waals surface area contributed by atoms with Crippen molar-refractivity contribution in [3.05, 3.63) is 0 Å². The molecule has 0 spiro atoms. The van der Waals surface area contributed by atoms with Crippen LogP contribution in [0.2, 0.25) is 0 Å². The third kappa shape index (κ3) is 3.97. The van der Waals surface area contributed by atoms with Gasteiger partial charge in [-0.1, -0.05) is 20.8 Å². The fourth-order valence-corrected chi connectivity index (χ4v) is 2.50. The molecule has 0 saturated carbocycles. The predicted molar refractivity (Wildman–Crippen MR) is 62.6 cm³/mol. The van der Waals surface area contributed by atoms with Crippen LogP contribution in [0.3, 0.4) is 0 Å². The van der Waals surface area contributed by atoms with Crippen molar-refractivity contribution in [3.63, 3.8) is 0 Å². The smallest absolute Gasteiger partial charge is 0.0166 e. The summed E-state index contributed by atoms with van der Waals surface area (Å²) < 4.78 is 0. The molecule has 1 aliphatic heterocycles. The van der Waals surface area contributed by atoms with Crippen molar-refractivity contribution in [1.82, 2.24) is 10.2 Å². The van der Waals surface area contributed by atoms with E-state index >= 15 is 0 Å². The number of nitrogens with one attached hydrogen (secondary N) is 1. The summed E-state index contributed by atoms with van der Waals surface area (Å²) in [6.07, 6.45) is 2.75. The lowest BCUT2D eigenvalue weighted by atomic mass is 9.84. The van der Waals surface area contributed by atoms with Crippen LogP contribution in [0.4, 0.5) is 0 Å². The molecule has 0 aliphatic carbocycles. The van der Waals surface area contributed by atoms with Crippen molar-refractivity contribution in [2.45, 2.75) is 46.6 Å². The van der Waals surface area contributed by atoms with Crippen LogP contribution in [-0.2, 0) is 0 Å². The highest BCUT2D eigenvalue weighted by Crippen LogP contribution is 2.28. The summed E-state index contributed by atoms with van der Waals surface area (Å²) in [5.74, 6) is 0. The highest BCUT2D eigenvalue weighted by Gasteiger charge is 2.26. The average molecular weight is 198 g/mol. The second kappa shape index (κ2) is 5.13. The molecular formula is C12H26N2. The highest BCUT2D eigenvalue weighted by atomic mass is 15.2. The first-order valence-corrected chi connectivity index (χ1v) is 5.99. The zero-order chi connectivity index (χ0) is 10.6. The van der Waals surface area contributed by atoms with Gasteiger partial charge in [-0.3, -0.25) is 0 Å². The molecule has 0 radical (unpaired) electrons. The summed E-state index contributed by atoms with van der Waals surface area (Å²) in [7, 11) is 0. The van der Waals surface area contributed by atoms with Gasteiger partial charge in [-0.05, 0) is 38.3 Å². The Kier molecular flexibility index (Phi) is 4.39. The first kappa shape index (κ1) is 12.0. The summed E-state index contributed by atoms with van der Waals surface area (Å²) in [5, 5.41) is 3.48. The molecule has 1 rings (SSSR count). The van der Waals surface area contributed by atoms with Gasteiger partial charge in [0.05, 0.1) is 0 Å². The largest absolute Gasteiger partial charge is 0.313 e. The number of rotatable bonds is 4. The van der Waals surface area contributed by atoms with E-state index in [1.807, 2.05) is 0 Å². The van der Waals surface area contributed by atoms with Crippen molar-refractivity contribution < 1.29 is 0 Å². The summed E-state index contributed by atoms with van der Waals surface area (Å²) >= 11 is 0. The minimum atomic E-state index is 0.532. The van der Waals surface area contributed by atoms with Crippen LogP contribution in [0, 0.1) is 5.41 Å². The van der Waals surface area contributed by atoms with E-state index in [2.05, 4.69) is 37.9 Å². The molecule has 1 aliphatic rings. The molecule has 0 aromatic carbocycles. The fraction of sp³-hybridized carbons (Fsp3) is 1.00. The maximum absolute atomic E-state index is 3.48. The molecule has 1 N–H and O–H groups in total. The molecule has 1 saturated heterocycles. The molecule has 84 valence electrons. The zero-order valence-electron chi connectivity index (χ0n) is 10.3. The monoisotopic (exact) mass is 198 g/mol. The van der Waals surface area contributed by atoms with Gasteiger partial charge in [-0.25, -0.2) is 0 Å². The van der Waals surface area contributed by atoms with Gasteiger partial charge in [0.15, 0.2) is 0 Å². The summed E-state index contributed by atoms with van der Waals surface area (Å²) in [6.45, 7) is 14.1. The molecule has 1 atom stereocenters. The molecule has 14 heavy (non-hydrogen) atoms. The van der Waals surface area contributed by atoms with Crippen molar-refractivity contribution in [1.29, 1.82) is 0 Å². The number of piperidine rings is 1. The first-order valence-electron chi connectivity index (χ1n) is 5.99. The van der Waals surface area contributed by atoms with Crippen LogP contribution in [0.5, 0.6) is 0 Å². The number of likely N-dealkylation sites (tertiary alicyclic amines) is 1. The Morgan fingerprint density at radius 2 is 2.14 bits per heavy atom. The van der Waals surface area contributed by atoms with E-state index in [1.165, 1.54) is 32.5 Å². The fourth-order valence-electron chi connectivity index (χ4n) is 2.50. The number of hydrogen-bond acceptors (Lipinski definition) is 2. The number of nitrogens with zero attached hydrogens (tertiary/aromatic N) is 1. The van der Waals surface area contributed by atoms with E-state index in [-0.39, 0.29) is 0 Å². The quantitative estimate of drug-likeness (QED) is 0.744. The van der Waals surface area contributed by atoms with Crippen molar-refractivity contribution in [2.24, 2.45) is 5.41 Å². The topological polar surface area (TPSA) is 15.3 Å². The average Bonchev–Trinajstić information content (AvgIpc) is 2.02. The van der Waals surface area contributed by atoms with Gasteiger partial charge in [-0.2, -0.15) is 0 Å². The Hall–Kier alpha value is -0.0800. The summed E-state index contributed by atoms with van der Waals surface area (Å²) in [4.78, 5) is 2.61. The van der Waals surface area contributed by atoms with E-state index in [9.17, 15) is 0 Å². The summed E-state index contributed by atoms with van der Waals surface area (Å²) in [5.41, 5.74) is 0.532. The van der Waals surface area contributed by atoms with Gasteiger partial charge in [0.1, 0.15) is 0 Å². The lowest BCUT2D eigenvalue weighted by Gasteiger charge is -2.39. The third-order valence-electron chi connectivity index (χ3n) is 3.06. The molecule has 2 heteroatoms. The molecule has 0 amide bonds. The number of hydrogen-bond donors (Lipinski definition) is 1. The van der Waals surface area contributed by atoms with E-state index in [4.69, 9.17) is 0 Å². The zero-order valence-corrected chi connectivity index (χ0v) is 10.3. The Bertz CT molecular complexity index is 166. The molecule has 1 heterocycles. The van der Waals surface area contributed by atoms with E-state index in [1.54, 1.807) is 0 Å². The molecule has 2 nitrogen and oxygen atoms in total. The van der Waals surface area contributed by atoms with Crippen molar-refractivity contribution in [2.75, 3.05) is 26.2 Å².